The van der Waals surface area contributed by atoms with E-state index in [1.807, 2.05) is 6.92 Å². The molecule has 0 saturated carbocycles. The van der Waals surface area contributed by atoms with Crippen molar-refractivity contribution in [3.8, 4) is 0 Å². The first-order valence-electron chi connectivity index (χ1n) is 5.64. The van der Waals surface area contributed by atoms with Crippen LogP contribution in [0.3, 0.4) is 0 Å². The van der Waals surface area contributed by atoms with Gasteiger partial charge >= 0.3 is 0 Å². The first kappa shape index (κ1) is 12.0. The van der Waals surface area contributed by atoms with Crippen molar-refractivity contribution in [3.63, 3.8) is 0 Å². The molecule has 1 aliphatic rings. The third kappa shape index (κ3) is 2.49. The van der Waals surface area contributed by atoms with Crippen molar-refractivity contribution in [2.75, 3.05) is 13.1 Å². The fourth-order valence-electron chi connectivity index (χ4n) is 1.76. The average molecular weight is 212 g/mol. The summed E-state index contributed by atoms with van der Waals surface area (Å²) in [6.07, 6.45) is 2.63. The fraction of sp³-hybridized carbons (Fsp3) is 0.818. The van der Waals surface area contributed by atoms with Gasteiger partial charge in [-0.05, 0) is 19.8 Å². The van der Waals surface area contributed by atoms with Crippen LogP contribution in [-0.4, -0.2) is 35.3 Å². The number of nitrogens with one attached hydrogen (secondary N) is 1. The summed E-state index contributed by atoms with van der Waals surface area (Å²) in [5.74, 6) is 0.00750. The first-order chi connectivity index (χ1) is 7.03. The first-order valence-corrected chi connectivity index (χ1v) is 5.64. The second-order valence-electron chi connectivity index (χ2n) is 4.31. The molecule has 4 nitrogen and oxygen atoms in total. The summed E-state index contributed by atoms with van der Waals surface area (Å²) in [5, 5.41) is 2.77. The summed E-state index contributed by atoms with van der Waals surface area (Å²) in [7, 11) is 0. The van der Waals surface area contributed by atoms with E-state index in [0.717, 1.165) is 12.8 Å². The highest BCUT2D eigenvalue weighted by Gasteiger charge is 2.40. The van der Waals surface area contributed by atoms with Crippen LogP contribution in [0.25, 0.3) is 0 Å². The minimum Gasteiger partial charge on any atom is -0.340 e. The summed E-state index contributed by atoms with van der Waals surface area (Å²) < 4.78 is 0. The highest BCUT2D eigenvalue weighted by atomic mass is 16.2. The third-order valence-corrected chi connectivity index (χ3v) is 3.00. The fourth-order valence-corrected chi connectivity index (χ4v) is 1.76. The molecule has 1 rings (SSSR count). The lowest BCUT2D eigenvalue weighted by molar-refractivity contribution is -0.149. The molecule has 1 unspecified atom stereocenters. The van der Waals surface area contributed by atoms with Crippen molar-refractivity contribution in [1.29, 1.82) is 0 Å². The molecule has 0 bridgehead atoms. The van der Waals surface area contributed by atoms with Crippen LogP contribution < -0.4 is 5.32 Å². The molecule has 15 heavy (non-hydrogen) atoms. The molecule has 86 valence electrons. The number of hydrogen-bond acceptors (Lipinski definition) is 2. The minimum absolute atomic E-state index is 0.0462. The van der Waals surface area contributed by atoms with E-state index >= 15 is 0 Å². The molecule has 0 aromatic rings. The van der Waals surface area contributed by atoms with Crippen molar-refractivity contribution < 1.29 is 9.59 Å². The van der Waals surface area contributed by atoms with Gasteiger partial charge in [-0.2, -0.15) is 0 Å². The smallest absolute Gasteiger partial charge is 0.248 e. The van der Waals surface area contributed by atoms with Gasteiger partial charge in [-0.3, -0.25) is 9.59 Å². The summed E-state index contributed by atoms with van der Waals surface area (Å²) >= 11 is 0. The Hall–Kier alpha value is -1.06. The highest BCUT2D eigenvalue weighted by Crippen LogP contribution is 2.17. The van der Waals surface area contributed by atoms with Crippen LogP contribution in [0.5, 0.6) is 0 Å². The van der Waals surface area contributed by atoms with Crippen molar-refractivity contribution in [2.45, 2.75) is 45.6 Å². The minimum atomic E-state index is -0.691. The van der Waals surface area contributed by atoms with Gasteiger partial charge in [0.15, 0.2) is 0 Å². The van der Waals surface area contributed by atoms with Crippen LogP contribution in [-0.2, 0) is 9.59 Å². The molecule has 0 aromatic heterocycles. The molecule has 1 heterocycles. The number of nitrogens with zero attached hydrogens (tertiary/aromatic N) is 1. The molecule has 0 spiro atoms. The van der Waals surface area contributed by atoms with E-state index in [-0.39, 0.29) is 18.4 Å². The van der Waals surface area contributed by atoms with E-state index in [1.165, 1.54) is 0 Å². The number of rotatable bonds is 4. The van der Waals surface area contributed by atoms with Crippen LogP contribution >= 0.6 is 0 Å². The Morgan fingerprint density at radius 1 is 1.40 bits per heavy atom. The van der Waals surface area contributed by atoms with E-state index in [4.69, 9.17) is 0 Å². The standard InChI is InChI=1S/C11H20N2O2/c1-4-6-7-13-8-9(14)12-11(3,5-2)10(13)15/h4-8H2,1-3H3,(H,12,14). The summed E-state index contributed by atoms with van der Waals surface area (Å²) in [6.45, 7) is 6.70. The molecule has 2 amide bonds. The average Bonchev–Trinajstić information content (AvgIpc) is 2.21. The van der Waals surface area contributed by atoms with Crippen molar-refractivity contribution in [1.82, 2.24) is 10.2 Å². The van der Waals surface area contributed by atoms with Crippen LogP contribution in [0, 0.1) is 0 Å². The second-order valence-corrected chi connectivity index (χ2v) is 4.31. The highest BCUT2D eigenvalue weighted by molar-refractivity contribution is 5.97. The van der Waals surface area contributed by atoms with E-state index < -0.39 is 5.54 Å². The largest absolute Gasteiger partial charge is 0.340 e. The van der Waals surface area contributed by atoms with Crippen LogP contribution in [0.4, 0.5) is 0 Å². The molecular formula is C11H20N2O2. The molecule has 0 aromatic carbocycles. The summed E-state index contributed by atoms with van der Waals surface area (Å²) in [4.78, 5) is 25.2. The Morgan fingerprint density at radius 3 is 2.60 bits per heavy atom. The molecule has 0 radical (unpaired) electrons. The Morgan fingerprint density at radius 2 is 2.07 bits per heavy atom. The number of hydrogen-bond donors (Lipinski definition) is 1. The van der Waals surface area contributed by atoms with Crippen molar-refractivity contribution in [2.24, 2.45) is 0 Å². The second kappa shape index (κ2) is 4.64. The van der Waals surface area contributed by atoms with Gasteiger partial charge < -0.3 is 10.2 Å². The predicted octanol–water partition coefficient (Wildman–Crippen LogP) is 0.914. The summed E-state index contributed by atoms with van der Waals surface area (Å²) in [6, 6.07) is 0. The molecule has 4 heteroatoms. The SMILES string of the molecule is CCCCN1CC(=O)NC(C)(CC)C1=O. The summed E-state index contributed by atoms with van der Waals surface area (Å²) in [5.41, 5.74) is -0.691. The van der Waals surface area contributed by atoms with E-state index in [0.29, 0.717) is 13.0 Å². The molecule has 1 aliphatic heterocycles. The zero-order chi connectivity index (χ0) is 11.5. The lowest BCUT2D eigenvalue weighted by Crippen LogP contribution is -2.65. The van der Waals surface area contributed by atoms with Gasteiger partial charge in [0.25, 0.3) is 0 Å². The Balaban J connectivity index is 2.72. The van der Waals surface area contributed by atoms with Crippen LogP contribution in [0.15, 0.2) is 0 Å². The number of piperazine rings is 1. The van der Waals surface area contributed by atoms with E-state index in [1.54, 1.807) is 11.8 Å². The third-order valence-electron chi connectivity index (χ3n) is 3.00. The molecule has 1 saturated heterocycles. The lowest BCUT2D eigenvalue weighted by Gasteiger charge is -2.39. The topological polar surface area (TPSA) is 49.4 Å². The molecule has 0 aliphatic carbocycles. The molecule has 1 atom stereocenters. The van der Waals surface area contributed by atoms with E-state index in [9.17, 15) is 9.59 Å². The maximum atomic E-state index is 12.0. The normalized spacial score (nSPS) is 26.7. The van der Waals surface area contributed by atoms with Crippen molar-refractivity contribution >= 4 is 11.8 Å². The van der Waals surface area contributed by atoms with Gasteiger partial charge in [0.05, 0.1) is 6.54 Å². The maximum absolute atomic E-state index is 12.0. The van der Waals surface area contributed by atoms with Crippen LogP contribution in [0.2, 0.25) is 0 Å². The maximum Gasteiger partial charge on any atom is 0.248 e. The van der Waals surface area contributed by atoms with Gasteiger partial charge in [0.1, 0.15) is 5.54 Å². The van der Waals surface area contributed by atoms with Gasteiger partial charge in [-0.1, -0.05) is 20.3 Å². The molecular weight excluding hydrogens is 192 g/mol. The Kier molecular flexibility index (Phi) is 3.72. The zero-order valence-corrected chi connectivity index (χ0v) is 9.80. The number of carbonyl (C=O) groups excluding carboxylic acids is 2. The Labute approximate surface area is 91.0 Å². The lowest BCUT2D eigenvalue weighted by atomic mass is 9.94. The number of amides is 2. The van der Waals surface area contributed by atoms with Gasteiger partial charge in [-0.15, -0.1) is 0 Å². The predicted molar refractivity (Wildman–Crippen MR) is 58.3 cm³/mol. The van der Waals surface area contributed by atoms with Gasteiger partial charge in [0, 0.05) is 6.54 Å². The van der Waals surface area contributed by atoms with E-state index in [2.05, 4.69) is 12.2 Å². The monoisotopic (exact) mass is 212 g/mol. The van der Waals surface area contributed by atoms with Gasteiger partial charge in [-0.25, -0.2) is 0 Å². The number of carbonyl (C=O) groups is 2. The zero-order valence-electron chi connectivity index (χ0n) is 9.80. The van der Waals surface area contributed by atoms with Crippen LogP contribution in [0.1, 0.15) is 40.0 Å². The Bertz CT molecular complexity index is 265. The molecule has 1 fully saturated rings. The number of unbranched alkanes of at least 4 members (excludes halogenated alkanes) is 1. The van der Waals surface area contributed by atoms with Crippen molar-refractivity contribution in [3.05, 3.63) is 0 Å². The molecule has 1 N–H and O–H groups in total. The quantitative estimate of drug-likeness (QED) is 0.753. The van der Waals surface area contributed by atoms with Gasteiger partial charge in [0.2, 0.25) is 11.8 Å².